The lowest BCUT2D eigenvalue weighted by molar-refractivity contribution is -0.142. The zero-order valence-corrected chi connectivity index (χ0v) is 14.6. The Morgan fingerprint density at radius 2 is 1.83 bits per heavy atom. The number of aryl methyl sites for hydroxylation is 1. The smallest absolute Gasteiger partial charge is 0.351 e. The number of fused-ring (bicyclic) bond motifs is 1. The van der Waals surface area contributed by atoms with E-state index in [0.717, 1.165) is 32.1 Å². The lowest BCUT2D eigenvalue weighted by Gasteiger charge is -2.40. The first-order chi connectivity index (χ1) is 11.2. The van der Waals surface area contributed by atoms with Crippen molar-refractivity contribution in [2.75, 3.05) is 5.32 Å². The molecule has 1 aromatic heterocycles. The third-order valence-electron chi connectivity index (χ3n) is 5.89. The van der Waals surface area contributed by atoms with Gasteiger partial charge in [-0.2, -0.15) is 13.2 Å². The number of aromatic nitrogens is 2. The van der Waals surface area contributed by atoms with Crippen LogP contribution in [0.3, 0.4) is 0 Å². The Kier molecular flexibility index (Phi) is 4.51. The van der Waals surface area contributed by atoms with Crippen molar-refractivity contribution in [3.8, 4) is 0 Å². The average Bonchev–Trinajstić information content (AvgIpc) is 2.49. The topological polar surface area (TPSA) is 37.8 Å². The molecule has 1 heterocycles. The fourth-order valence-corrected chi connectivity index (χ4v) is 3.86. The lowest BCUT2D eigenvalue weighted by atomic mass is 9.68. The Bertz CT molecular complexity index is 610. The Morgan fingerprint density at radius 1 is 1.12 bits per heavy atom. The number of nitrogens with zero attached hydrogens (tertiary/aromatic N) is 2. The van der Waals surface area contributed by atoms with Crippen molar-refractivity contribution in [3.63, 3.8) is 0 Å². The van der Waals surface area contributed by atoms with Gasteiger partial charge >= 0.3 is 6.18 Å². The summed E-state index contributed by atoms with van der Waals surface area (Å²) in [7, 11) is 0. The minimum atomic E-state index is -4.41. The molecular formula is C18H26F3N3. The van der Waals surface area contributed by atoms with Crippen molar-refractivity contribution < 1.29 is 13.2 Å². The van der Waals surface area contributed by atoms with Gasteiger partial charge in [0.25, 0.3) is 0 Å². The molecule has 6 heteroatoms. The van der Waals surface area contributed by atoms with Gasteiger partial charge in [-0.15, -0.1) is 0 Å². The van der Waals surface area contributed by atoms with Crippen LogP contribution in [-0.4, -0.2) is 16.0 Å². The highest BCUT2D eigenvalue weighted by molar-refractivity contribution is 5.38. The molecule has 134 valence electrons. The van der Waals surface area contributed by atoms with E-state index in [9.17, 15) is 13.2 Å². The molecule has 0 aliphatic heterocycles. The van der Waals surface area contributed by atoms with E-state index in [-0.39, 0.29) is 17.4 Å². The molecule has 1 saturated carbocycles. The van der Waals surface area contributed by atoms with Crippen LogP contribution in [0.4, 0.5) is 19.1 Å². The fraction of sp³-hybridized carbons (Fsp3) is 0.778. The molecule has 0 aromatic carbocycles. The lowest BCUT2D eigenvalue weighted by Crippen LogP contribution is -2.36. The molecule has 0 saturated heterocycles. The second kappa shape index (κ2) is 6.19. The predicted molar refractivity (Wildman–Crippen MR) is 87.9 cm³/mol. The SMILES string of the molecule is CC1CC(Nc2nc3c(c(C(F)(F)F)n2)CCCC3)CCC1(C)C. The number of hydrogen-bond donors (Lipinski definition) is 1. The molecule has 0 bridgehead atoms. The van der Waals surface area contributed by atoms with E-state index >= 15 is 0 Å². The van der Waals surface area contributed by atoms with Crippen LogP contribution in [-0.2, 0) is 19.0 Å². The minimum absolute atomic E-state index is 0.149. The Labute approximate surface area is 141 Å². The Hall–Kier alpha value is -1.33. The molecule has 2 aliphatic rings. The number of halogens is 3. The van der Waals surface area contributed by atoms with Crippen LogP contribution in [0, 0.1) is 11.3 Å². The average molecular weight is 341 g/mol. The maximum Gasteiger partial charge on any atom is 0.433 e. The van der Waals surface area contributed by atoms with Gasteiger partial charge in [-0.05, 0) is 56.3 Å². The molecule has 3 rings (SSSR count). The summed E-state index contributed by atoms with van der Waals surface area (Å²) >= 11 is 0. The first-order valence-electron chi connectivity index (χ1n) is 8.90. The summed E-state index contributed by atoms with van der Waals surface area (Å²) in [4.78, 5) is 8.29. The number of anilines is 1. The Balaban J connectivity index is 1.84. The van der Waals surface area contributed by atoms with Crippen molar-refractivity contribution in [2.45, 2.75) is 77.9 Å². The van der Waals surface area contributed by atoms with Gasteiger partial charge in [-0.1, -0.05) is 20.8 Å². The molecule has 1 N–H and O–H groups in total. The van der Waals surface area contributed by atoms with Gasteiger partial charge in [-0.3, -0.25) is 0 Å². The van der Waals surface area contributed by atoms with Gasteiger partial charge in [0.05, 0.1) is 0 Å². The first-order valence-corrected chi connectivity index (χ1v) is 8.90. The summed E-state index contributed by atoms with van der Waals surface area (Å²) in [6, 6.07) is 0.149. The summed E-state index contributed by atoms with van der Waals surface area (Å²) in [5.41, 5.74) is 0.429. The van der Waals surface area contributed by atoms with Crippen LogP contribution in [0.1, 0.15) is 69.8 Å². The van der Waals surface area contributed by atoms with Gasteiger partial charge in [0.1, 0.15) is 0 Å². The van der Waals surface area contributed by atoms with Crippen LogP contribution in [0.5, 0.6) is 0 Å². The maximum absolute atomic E-state index is 13.4. The molecule has 2 atom stereocenters. The van der Waals surface area contributed by atoms with Crippen molar-refractivity contribution in [2.24, 2.45) is 11.3 Å². The van der Waals surface area contributed by atoms with E-state index in [1.807, 2.05) is 0 Å². The van der Waals surface area contributed by atoms with Crippen LogP contribution in [0.25, 0.3) is 0 Å². The van der Waals surface area contributed by atoms with Crippen LogP contribution in [0.2, 0.25) is 0 Å². The summed E-state index contributed by atoms with van der Waals surface area (Å²) in [6.45, 7) is 6.72. The molecule has 1 aromatic rings. The molecule has 0 amide bonds. The summed E-state index contributed by atoms with van der Waals surface area (Å²) < 4.78 is 40.1. The van der Waals surface area contributed by atoms with Crippen molar-refractivity contribution in [1.82, 2.24) is 9.97 Å². The van der Waals surface area contributed by atoms with Gasteiger partial charge in [-0.25, -0.2) is 9.97 Å². The van der Waals surface area contributed by atoms with Crippen molar-refractivity contribution in [3.05, 3.63) is 17.0 Å². The van der Waals surface area contributed by atoms with E-state index in [1.165, 1.54) is 0 Å². The molecular weight excluding hydrogens is 315 g/mol. The van der Waals surface area contributed by atoms with Crippen LogP contribution >= 0.6 is 0 Å². The maximum atomic E-state index is 13.4. The number of hydrogen-bond acceptors (Lipinski definition) is 3. The highest BCUT2D eigenvalue weighted by Crippen LogP contribution is 2.41. The van der Waals surface area contributed by atoms with Crippen molar-refractivity contribution >= 4 is 5.95 Å². The highest BCUT2D eigenvalue weighted by Gasteiger charge is 2.39. The van der Waals surface area contributed by atoms with E-state index in [0.29, 0.717) is 30.0 Å². The van der Waals surface area contributed by atoms with E-state index in [4.69, 9.17) is 0 Å². The summed E-state index contributed by atoms with van der Waals surface area (Å²) in [5.74, 6) is 0.670. The molecule has 0 spiro atoms. The first kappa shape index (κ1) is 17.5. The van der Waals surface area contributed by atoms with E-state index in [1.54, 1.807) is 0 Å². The number of rotatable bonds is 2. The molecule has 3 nitrogen and oxygen atoms in total. The molecule has 2 aliphatic carbocycles. The van der Waals surface area contributed by atoms with Gasteiger partial charge in [0.2, 0.25) is 5.95 Å². The quantitative estimate of drug-likeness (QED) is 0.822. The highest BCUT2D eigenvalue weighted by atomic mass is 19.4. The van der Waals surface area contributed by atoms with Crippen LogP contribution < -0.4 is 5.32 Å². The summed E-state index contributed by atoms with van der Waals surface area (Å²) in [5, 5.41) is 3.19. The standard InChI is InChI=1S/C18H26F3N3/c1-11-10-12(8-9-17(11,2)3)22-16-23-14-7-5-4-6-13(14)15(24-16)18(19,20)21/h11-12H,4-10H2,1-3H3,(H,22,23,24). The second-order valence-electron chi connectivity index (χ2n) is 8.03. The normalized spacial score (nSPS) is 26.8. The third-order valence-corrected chi connectivity index (χ3v) is 5.89. The third kappa shape index (κ3) is 3.52. The predicted octanol–water partition coefficient (Wildman–Crippen LogP) is 5.00. The molecule has 2 unspecified atom stereocenters. The minimum Gasteiger partial charge on any atom is -0.351 e. The molecule has 24 heavy (non-hydrogen) atoms. The monoisotopic (exact) mass is 341 g/mol. The van der Waals surface area contributed by atoms with Crippen molar-refractivity contribution in [1.29, 1.82) is 0 Å². The largest absolute Gasteiger partial charge is 0.433 e. The second-order valence-corrected chi connectivity index (χ2v) is 8.03. The van der Waals surface area contributed by atoms with Gasteiger partial charge in [0.15, 0.2) is 5.69 Å². The van der Waals surface area contributed by atoms with E-state index in [2.05, 4.69) is 36.1 Å². The zero-order valence-electron chi connectivity index (χ0n) is 14.6. The van der Waals surface area contributed by atoms with E-state index < -0.39 is 11.9 Å². The molecule has 1 fully saturated rings. The van der Waals surface area contributed by atoms with Gasteiger partial charge < -0.3 is 5.32 Å². The summed E-state index contributed by atoms with van der Waals surface area (Å²) in [6.07, 6.45) is 1.25. The zero-order chi connectivity index (χ0) is 17.5. The number of alkyl halides is 3. The molecule has 0 radical (unpaired) electrons. The Morgan fingerprint density at radius 3 is 2.50 bits per heavy atom. The number of nitrogens with one attached hydrogen (secondary N) is 1. The van der Waals surface area contributed by atoms with Crippen LogP contribution in [0.15, 0.2) is 0 Å². The fourth-order valence-electron chi connectivity index (χ4n) is 3.86. The van der Waals surface area contributed by atoms with Gasteiger partial charge in [0, 0.05) is 17.3 Å².